The fourth-order valence-corrected chi connectivity index (χ4v) is 4.97. The molecule has 136 valence electrons. The van der Waals surface area contributed by atoms with E-state index in [2.05, 4.69) is 37.6 Å². The maximum atomic E-state index is 2.91. The van der Waals surface area contributed by atoms with Crippen molar-refractivity contribution in [3.05, 3.63) is 0 Å². The van der Waals surface area contributed by atoms with Crippen LogP contribution < -0.4 is 0 Å². The summed E-state index contributed by atoms with van der Waals surface area (Å²) in [5, 5.41) is 0. The Kier molecular flexibility index (Phi) is 7.88. The maximum Gasteiger partial charge on any atom is 0.0181 e. The van der Waals surface area contributed by atoms with Gasteiger partial charge >= 0.3 is 0 Å². The smallest absolute Gasteiger partial charge is 0.0181 e. The number of nitrogens with zero attached hydrogens (tertiary/aromatic N) is 2. The predicted molar refractivity (Wildman–Crippen MR) is 102 cm³/mol. The number of hydrogen-bond acceptors (Lipinski definition) is 2. The predicted octanol–water partition coefficient (Wildman–Crippen LogP) is 5.18. The number of fused-ring (bicyclic) bond motifs is 1. The van der Waals surface area contributed by atoms with Crippen LogP contribution in [0.15, 0.2) is 0 Å². The average Bonchev–Trinajstić information content (AvgIpc) is 3.05. The van der Waals surface area contributed by atoms with Gasteiger partial charge in [-0.2, -0.15) is 0 Å². The highest BCUT2D eigenvalue weighted by Crippen LogP contribution is 2.38. The molecule has 3 unspecified atom stereocenters. The van der Waals surface area contributed by atoms with Crippen LogP contribution in [0.2, 0.25) is 0 Å². The second-order valence-corrected chi connectivity index (χ2v) is 8.76. The van der Waals surface area contributed by atoms with Gasteiger partial charge in [0.1, 0.15) is 0 Å². The molecule has 0 aromatic heterocycles. The molecule has 0 aliphatic carbocycles. The lowest BCUT2D eigenvalue weighted by Crippen LogP contribution is -2.46. The van der Waals surface area contributed by atoms with Crippen molar-refractivity contribution in [3.63, 3.8) is 0 Å². The van der Waals surface area contributed by atoms with Gasteiger partial charge in [0.05, 0.1) is 0 Å². The third-order valence-corrected chi connectivity index (χ3v) is 6.57. The van der Waals surface area contributed by atoms with Gasteiger partial charge in [0.25, 0.3) is 0 Å². The summed E-state index contributed by atoms with van der Waals surface area (Å²) in [6, 6.07) is 0. The van der Waals surface area contributed by atoms with Crippen molar-refractivity contribution in [2.24, 2.45) is 11.8 Å². The largest absolute Gasteiger partial charge is 0.306 e. The standard InChI is InChI=1S/C21H42N2/c1-5-7-9-10-12-14-21(3,13-11-8-6-2)23-17-19-15-22(4)16-20(19)18-23/h19-20H,5-18H2,1-4H3. The fourth-order valence-electron chi connectivity index (χ4n) is 4.97. The summed E-state index contributed by atoms with van der Waals surface area (Å²) in [5.74, 6) is 1.90. The lowest BCUT2D eigenvalue weighted by molar-refractivity contribution is 0.0938. The summed E-state index contributed by atoms with van der Waals surface area (Å²) in [6.07, 6.45) is 14.1. The van der Waals surface area contributed by atoms with Gasteiger partial charge in [-0.25, -0.2) is 0 Å². The summed E-state index contributed by atoms with van der Waals surface area (Å²) < 4.78 is 0. The van der Waals surface area contributed by atoms with Gasteiger partial charge in [-0.15, -0.1) is 0 Å². The van der Waals surface area contributed by atoms with E-state index in [9.17, 15) is 0 Å². The number of unbranched alkanes of at least 4 members (excludes halogenated alkanes) is 6. The molecule has 0 saturated carbocycles. The molecule has 2 aliphatic rings. The number of rotatable bonds is 11. The highest BCUT2D eigenvalue weighted by atomic mass is 15.3. The Morgan fingerprint density at radius 1 is 0.739 bits per heavy atom. The Morgan fingerprint density at radius 3 is 1.78 bits per heavy atom. The molecule has 2 heterocycles. The molecule has 2 saturated heterocycles. The van der Waals surface area contributed by atoms with Crippen LogP contribution in [0.4, 0.5) is 0 Å². The molecule has 0 aromatic carbocycles. The summed E-state index contributed by atoms with van der Waals surface area (Å²) in [4.78, 5) is 5.46. The van der Waals surface area contributed by atoms with E-state index in [1.54, 1.807) is 0 Å². The third kappa shape index (κ3) is 5.46. The first-order valence-corrected chi connectivity index (χ1v) is 10.5. The monoisotopic (exact) mass is 322 g/mol. The van der Waals surface area contributed by atoms with Gasteiger partial charge in [0, 0.05) is 31.7 Å². The van der Waals surface area contributed by atoms with Crippen LogP contribution in [0.25, 0.3) is 0 Å². The summed E-state index contributed by atoms with van der Waals surface area (Å²) in [6.45, 7) is 12.6. The molecule has 2 heteroatoms. The maximum absolute atomic E-state index is 2.91. The van der Waals surface area contributed by atoms with Crippen molar-refractivity contribution < 1.29 is 0 Å². The number of likely N-dealkylation sites (tertiary alicyclic amines) is 2. The average molecular weight is 323 g/mol. The second kappa shape index (κ2) is 9.42. The van der Waals surface area contributed by atoms with Crippen LogP contribution in [0.5, 0.6) is 0 Å². The lowest BCUT2D eigenvalue weighted by atomic mass is 9.86. The van der Waals surface area contributed by atoms with Crippen LogP contribution in [-0.4, -0.2) is 48.6 Å². The molecule has 23 heavy (non-hydrogen) atoms. The van der Waals surface area contributed by atoms with E-state index >= 15 is 0 Å². The molecule has 3 atom stereocenters. The minimum Gasteiger partial charge on any atom is -0.306 e. The molecule has 2 fully saturated rings. The topological polar surface area (TPSA) is 6.48 Å². The first-order valence-electron chi connectivity index (χ1n) is 10.5. The molecule has 0 spiro atoms. The lowest BCUT2D eigenvalue weighted by Gasteiger charge is -2.40. The van der Waals surface area contributed by atoms with Gasteiger partial charge in [0.2, 0.25) is 0 Å². The zero-order valence-corrected chi connectivity index (χ0v) is 16.4. The van der Waals surface area contributed by atoms with E-state index in [0.29, 0.717) is 5.54 Å². The highest BCUT2D eigenvalue weighted by Gasteiger charge is 2.44. The van der Waals surface area contributed by atoms with E-state index in [-0.39, 0.29) is 0 Å². The van der Waals surface area contributed by atoms with Gasteiger partial charge in [-0.3, -0.25) is 4.90 Å². The highest BCUT2D eigenvalue weighted by molar-refractivity contribution is 4.98. The van der Waals surface area contributed by atoms with E-state index in [1.807, 2.05) is 0 Å². The number of hydrogen-bond donors (Lipinski definition) is 0. The molecule has 2 aliphatic heterocycles. The van der Waals surface area contributed by atoms with E-state index < -0.39 is 0 Å². The Hall–Kier alpha value is -0.0800. The van der Waals surface area contributed by atoms with E-state index in [4.69, 9.17) is 0 Å². The Balaban J connectivity index is 1.85. The van der Waals surface area contributed by atoms with Crippen molar-refractivity contribution in [3.8, 4) is 0 Å². The molecule has 0 bridgehead atoms. The Bertz CT molecular complexity index is 316. The Labute approximate surface area is 146 Å². The van der Waals surface area contributed by atoms with Crippen molar-refractivity contribution in [1.82, 2.24) is 9.80 Å². The van der Waals surface area contributed by atoms with Crippen molar-refractivity contribution in [2.45, 2.75) is 90.5 Å². The van der Waals surface area contributed by atoms with Crippen LogP contribution >= 0.6 is 0 Å². The molecular formula is C21H42N2. The van der Waals surface area contributed by atoms with E-state index in [0.717, 1.165) is 11.8 Å². The minimum absolute atomic E-state index is 0.476. The minimum atomic E-state index is 0.476. The quantitative estimate of drug-likeness (QED) is 0.484. The summed E-state index contributed by atoms with van der Waals surface area (Å²) in [7, 11) is 2.30. The summed E-state index contributed by atoms with van der Waals surface area (Å²) >= 11 is 0. The first-order chi connectivity index (χ1) is 11.1. The van der Waals surface area contributed by atoms with Crippen LogP contribution in [0, 0.1) is 11.8 Å². The van der Waals surface area contributed by atoms with Gasteiger partial charge < -0.3 is 4.90 Å². The van der Waals surface area contributed by atoms with Crippen molar-refractivity contribution in [2.75, 3.05) is 33.2 Å². The van der Waals surface area contributed by atoms with Gasteiger partial charge in [0.15, 0.2) is 0 Å². The van der Waals surface area contributed by atoms with Crippen LogP contribution in [-0.2, 0) is 0 Å². The molecular weight excluding hydrogens is 280 g/mol. The third-order valence-electron chi connectivity index (χ3n) is 6.57. The van der Waals surface area contributed by atoms with Gasteiger partial charge in [-0.05, 0) is 38.6 Å². The zero-order chi connectivity index (χ0) is 16.7. The molecule has 2 nitrogen and oxygen atoms in total. The molecule has 0 radical (unpaired) electrons. The normalized spacial score (nSPS) is 28.2. The SMILES string of the molecule is CCCCCCCC(C)(CCCCC)N1CC2CN(C)CC2C1. The Morgan fingerprint density at radius 2 is 1.22 bits per heavy atom. The van der Waals surface area contributed by atoms with Crippen LogP contribution in [0.1, 0.15) is 85.0 Å². The summed E-state index contributed by atoms with van der Waals surface area (Å²) in [5.41, 5.74) is 0.476. The van der Waals surface area contributed by atoms with E-state index in [1.165, 1.54) is 90.4 Å². The zero-order valence-electron chi connectivity index (χ0n) is 16.4. The van der Waals surface area contributed by atoms with Crippen molar-refractivity contribution in [1.29, 1.82) is 0 Å². The van der Waals surface area contributed by atoms with Crippen LogP contribution in [0.3, 0.4) is 0 Å². The molecule has 0 N–H and O–H groups in total. The first kappa shape index (κ1) is 19.2. The molecule has 0 aromatic rings. The van der Waals surface area contributed by atoms with Gasteiger partial charge in [-0.1, -0.05) is 65.2 Å². The van der Waals surface area contributed by atoms with Crippen molar-refractivity contribution >= 4 is 0 Å². The molecule has 0 amide bonds. The fraction of sp³-hybridized carbons (Fsp3) is 1.00. The molecule has 2 rings (SSSR count). The second-order valence-electron chi connectivity index (χ2n) is 8.76.